The number of carbonyl (C=O) groups excluding carboxylic acids is 7. The molecule has 0 spiro atoms. The molecular weight excluding hydrogens is 783 g/mol. The Morgan fingerprint density at radius 2 is 0.965 bits per heavy atom. The lowest BCUT2D eigenvalue weighted by Crippen LogP contribution is -2.60. The van der Waals surface area contributed by atoms with Gasteiger partial charge in [-0.05, 0) is 42.2 Å². The number of carboxylic acid groups (broad SMARTS) is 3. The predicted octanol–water partition coefficient (Wildman–Crippen LogP) is -4.64. The highest BCUT2D eigenvalue weighted by molar-refractivity contribution is 7.30. The maximum atomic E-state index is 13.5. The van der Waals surface area contributed by atoms with E-state index in [9.17, 15) is 72.7 Å². The summed E-state index contributed by atoms with van der Waals surface area (Å²) in [5.74, 6) is -12.3. The number of hydrogen-bond acceptors (Lipinski definition) is 14. The van der Waals surface area contributed by atoms with E-state index in [4.69, 9.17) is 17.2 Å². The maximum Gasteiger partial charge on any atom is 0.488 e. The van der Waals surface area contributed by atoms with Gasteiger partial charge in [0.05, 0.1) is 6.04 Å². The van der Waals surface area contributed by atoms with E-state index in [1.807, 2.05) is 5.32 Å². The first-order valence-electron chi connectivity index (χ1n) is 17.0. The van der Waals surface area contributed by atoms with Gasteiger partial charge in [0.1, 0.15) is 36.8 Å². The highest BCUT2D eigenvalue weighted by Crippen LogP contribution is 2.11. The van der Waals surface area contributed by atoms with Crippen LogP contribution in [-0.4, -0.2) is 117 Å². The normalized spacial score (nSPS) is 14.2. The van der Waals surface area contributed by atoms with E-state index >= 15 is 0 Å². The largest absolute Gasteiger partial charge is 0.566 e. The van der Waals surface area contributed by atoms with Crippen molar-refractivity contribution in [1.82, 2.24) is 26.6 Å². The molecule has 57 heavy (non-hydrogen) atoms. The SMILES string of the molecule is NC(=O)CC[C@H](NC(=O)[C@H](CCC(=O)O)NC(=O)[C@H](CCC(=O)O)NC(=O)[C@H](CO[P+](=O)[O-])NC(=O)[C@H](CCC(N)=O)NC(=O)[C@@H](N)Cc1ccccc1)C(=O)O. The molecule has 0 heterocycles. The zero-order valence-electron chi connectivity index (χ0n) is 30.3. The van der Waals surface area contributed by atoms with Crippen LogP contribution in [0, 0.1) is 0 Å². The molecule has 14 N–H and O–H groups in total. The molecule has 0 saturated carbocycles. The van der Waals surface area contributed by atoms with Crippen molar-refractivity contribution < 1.29 is 77.2 Å². The van der Waals surface area contributed by atoms with E-state index in [1.165, 1.54) is 0 Å². The minimum Gasteiger partial charge on any atom is -0.566 e. The molecule has 0 aromatic heterocycles. The summed E-state index contributed by atoms with van der Waals surface area (Å²) < 4.78 is 15.8. The van der Waals surface area contributed by atoms with Gasteiger partial charge in [-0.3, -0.25) is 43.2 Å². The van der Waals surface area contributed by atoms with Gasteiger partial charge in [0.15, 0.2) is 0 Å². The van der Waals surface area contributed by atoms with Gasteiger partial charge in [-0.25, -0.2) is 4.79 Å². The van der Waals surface area contributed by atoms with Crippen molar-refractivity contribution in [3.63, 3.8) is 0 Å². The molecule has 7 atom stereocenters. The topological polar surface area (TPSA) is 419 Å². The zero-order valence-corrected chi connectivity index (χ0v) is 31.1. The van der Waals surface area contributed by atoms with Crippen LogP contribution in [0.4, 0.5) is 0 Å². The molecule has 0 bridgehead atoms. The molecule has 0 aliphatic rings. The maximum absolute atomic E-state index is 13.5. The van der Waals surface area contributed by atoms with Crippen molar-refractivity contribution in [2.45, 2.75) is 94.0 Å². The van der Waals surface area contributed by atoms with Gasteiger partial charge in [0, 0.05) is 25.7 Å². The number of rotatable bonds is 28. The van der Waals surface area contributed by atoms with E-state index < -0.39 is 162 Å². The van der Waals surface area contributed by atoms with Crippen molar-refractivity contribution in [3.05, 3.63) is 35.9 Å². The molecule has 0 fully saturated rings. The Bertz CT molecular complexity index is 1650. The lowest BCUT2D eigenvalue weighted by atomic mass is 10.0. The number of nitrogens with one attached hydrogen (secondary N) is 5. The number of hydrogen-bond donors (Lipinski definition) is 11. The van der Waals surface area contributed by atoms with E-state index in [0.717, 1.165) is 0 Å². The summed E-state index contributed by atoms with van der Waals surface area (Å²) in [4.78, 5) is 135. The van der Waals surface area contributed by atoms with Crippen LogP contribution in [0.2, 0.25) is 0 Å². The lowest BCUT2D eigenvalue weighted by Gasteiger charge is -2.26. The van der Waals surface area contributed by atoms with E-state index in [-0.39, 0.29) is 6.42 Å². The van der Waals surface area contributed by atoms with Crippen molar-refractivity contribution in [2.24, 2.45) is 17.2 Å². The average Bonchev–Trinajstić information content (AvgIpc) is 3.12. The molecule has 0 aliphatic heterocycles. The Morgan fingerprint density at radius 1 is 0.596 bits per heavy atom. The van der Waals surface area contributed by atoms with Crippen LogP contribution in [0.5, 0.6) is 0 Å². The van der Waals surface area contributed by atoms with Crippen LogP contribution in [0.3, 0.4) is 0 Å². The molecular formula is C32H45N8O16P. The third-order valence-electron chi connectivity index (χ3n) is 7.78. The van der Waals surface area contributed by atoms with Gasteiger partial charge in [-0.2, -0.15) is 0 Å². The molecule has 314 valence electrons. The number of benzene rings is 1. The molecule has 0 saturated heterocycles. The fourth-order valence-corrected chi connectivity index (χ4v) is 5.09. The monoisotopic (exact) mass is 828 g/mol. The van der Waals surface area contributed by atoms with Crippen LogP contribution >= 0.6 is 8.25 Å². The van der Waals surface area contributed by atoms with Gasteiger partial charge in [-0.15, -0.1) is 4.52 Å². The Kier molecular flexibility index (Phi) is 21.6. The zero-order chi connectivity index (χ0) is 43.2. The molecule has 1 rings (SSSR count). The molecule has 1 unspecified atom stereocenters. The van der Waals surface area contributed by atoms with Crippen LogP contribution in [0.1, 0.15) is 56.9 Å². The van der Waals surface area contributed by atoms with E-state index in [2.05, 4.69) is 25.8 Å². The van der Waals surface area contributed by atoms with Gasteiger partial charge in [0.2, 0.25) is 41.4 Å². The molecule has 25 heteroatoms. The minimum absolute atomic E-state index is 0.0281. The fraction of sp³-hybridized carbons (Fsp3) is 0.500. The summed E-state index contributed by atoms with van der Waals surface area (Å²) in [5.41, 5.74) is 16.9. The van der Waals surface area contributed by atoms with E-state index in [1.54, 1.807) is 30.3 Å². The lowest BCUT2D eigenvalue weighted by molar-refractivity contribution is -0.186. The molecule has 1 aromatic carbocycles. The minimum atomic E-state index is -3.65. The second-order valence-electron chi connectivity index (χ2n) is 12.3. The van der Waals surface area contributed by atoms with Crippen LogP contribution in [-0.2, 0) is 63.5 Å². The fourth-order valence-electron chi connectivity index (χ4n) is 4.82. The summed E-state index contributed by atoms with van der Waals surface area (Å²) >= 11 is 0. The second kappa shape index (κ2) is 25.1. The number of carbonyl (C=O) groups is 10. The van der Waals surface area contributed by atoms with Crippen molar-refractivity contribution in [3.8, 4) is 0 Å². The number of nitrogens with two attached hydrogens (primary N) is 3. The first-order chi connectivity index (χ1) is 26.7. The summed E-state index contributed by atoms with van der Waals surface area (Å²) in [6.45, 7) is -1.11. The Labute approximate surface area is 324 Å². The third kappa shape index (κ3) is 20.4. The van der Waals surface area contributed by atoms with Gasteiger partial charge >= 0.3 is 26.2 Å². The smallest absolute Gasteiger partial charge is 0.488 e. The van der Waals surface area contributed by atoms with Gasteiger partial charge in [-0.1, -0.05) is 30.3 Å². The standard InChI is InChI=1S/C32H45N8O16P/c33-17(14-16-4-2-1-3-5-16)27(47)36-18(6-10-23(34)41)30(50)40-22(15-56-57(54)55)31(51)38-19(8-12-25(43)44)28(48)37-20(9-13-26(45)46)29(49)39-21(32(52)53)7-11-24(35)42/h1-5,17-22H,6-15,33H2,(H2,34,41)(H2,35,42)(H,36,47)(H,37,48)(H,38,51)(H,39,49)(H,40,50)(H,43,44)(H,45,46)(H,52,53)/t17-,18-,19-,20-,21-,22-/m0/s1. The molecule has 24 nitrogen and oxygen atoms in total. The van der Waals surface area contributed by atoms with Gasteiger partial charge in [0.25, 0.3) is 0 Å². The summed E-state index contributed by atoms with van der Waals surface area (Å²) in [6, 6.07) is -1.71. The summed E-state index contributed by atoms with van der Waals surface area (Å²) in [6.07, 6.45) is -4.73. The molecule has 1 aromatic rings. The highest BCUT2D eigenvalue weighted by Gasteiger charge is 2.34. The van der Waals surface area contributed by atoms with Crippen molar-refractivity contribution >= 4 is 67.5 Å². The Balaban J connectivity index is 3.35. The number of primary amides is 2. The van der Waals surface area contributed by atoms with Crippen LogP contribution in [0.25, 0.3) is 0 Å². The molecule has 7 amide bonds. The summed E-state index contributed by atoms with van der Waals surface area (Å²) in [7, 11) is -3.65. The average molecular weight is 829 g/mol. The number of carboxylic acids is 3. The number of amides is 7. The predicted molar refractivity (Wildman–Crippen MR) is 190 cm³/mol. The first kappa shape index (κ1) is 48.9. The van der Waals surface area contributed by atoms with Crippen LogP contribution < -0.4 is 48.7 Å². The molecule has 0 radical (unpaired) electrons. The Hall–Kier alpha value is -6.10. The van der Waals surface area contributed by atoms with E-state index in [0.29, 0.717) is 5.56 Å². The Morgan fingerprint density at radius 3 is 1.37 bits per heavy atom. The number of aliphatic carboxylic acids is 3. The van der Waals surface area contributed by atoms with Crippen LogP contribution in [0.15, 0.2) is 30.3 Å². The second-order valence-corrected chi connectivity index (χ2v) is 13.0. The highest BCUT2D eigenvalue weighted by atomic mass is 31.1. The first-order valence-corrected chi connectivity index (χ1v) is 18.1. The van der Waals surface area contributed by atoms with Crippen molar-refractivity contribution in [1.29, 1.82) is 0 Å². The quantitative estimate of drug-likeness (QED) is 0.0354. The molecule has 0 aliphatic carbocycles. The summed E-state index contributed by atoms with van der Waals surface area (Å²) in [5, 5.41) is 38.6. The van der Waals surface area contributed by atoms with Crippen molar-refractivity contribution in [2.75, 3.05) is 6.61 Å². The van der Waals surface area contributed by atoms with Gasteiger partial charge < -0.3 is 64.0 Å². The third-order valence-corrected chi connectivity index (χ3v) is 8.14.